The average molecular weight is 405 g/mol. The maximum atomic E-state index is 12.8. The van der Waals surface area contributed by atoms with Crippen LogP contribution in [0.15, 0.2) is 65.3 Å². The van der Waals surface area contributed by atoms with Gasteiger partial charge < -0.3 is 19.5 Å². The van der Waals surface area contributed by atoms with Crippen molar-refractivity contribution in [2.45, 2.75) is 13.0 Å². The predicted molar refractivity (Wildman–Crippen MR) is 113 cm³/mol. The Balaban J connectivity index is 1.39. The number of carbonyl (C=O) groups is 3. The van der Waals surface area contributed by atoms with Crippen molar-refractivity contribution < 1.29 is 18.8 Å². The normalized spacial score (nSPS) is 16.1. The van der Waals surface area contributed by atoms with Crippen LogP contribution in [0.5, 0.6) is 0 Å². The fraction of sp³-hybridized carbons (Fsp3) is 0.261. The smallest absolute Gasteiger partial charge is 0.239 e. The van der Waals surface area contributed by atoms with Crippen LogP contribution >= 0.6 is 0 Å². The van der Waals surface area contributed by atoms with Crippen molar-refractivity contribution in [1.82, 2.24) is 10.2 Å². The Labute approximate surface area is 174 Å². The van der Waals surface area contributed by atoms with E-state index in [0.717, 1.165) is 16.5 Å². The van der Waals surface area contributed by atoms with E-state index in [1.165, 1.54) is 11.2 Å². The van der Waals surface area contributed by atoms with Crippen molar-refractivity contribution in [1.29, 1.82) is 0 Å². The number of hydrogen-bond donors (Lipinski definition) is 1. The zero-order valence-electron chi connectivity index (χ0n) is 16.7. The third-order valence-corrected chi connectivity index (χ3v) is 5.33. The highest BCUT2D eigenvalue weighted by Gasteiger charge is 2.37. The summed E-state index contributed by atoms with van der Waals surface area (Å²) in [5.41, 5.74) is 0.812. The van der Waals surface area contributed by atoms with Gasteiger partial charge in [-0.25, -0.2) is 0 Å². The average Bonchev–Trinajstić information content (AvgIpc) is 3.41. The van der Waals surface area contributed by atoms with Gasteiger partial charge in [-0.1, -0.05) is 36.4 Å². The second kappa shape index (κ2) is 8.41. The standard InChI is InChI=1S/C23H23N3O4/c1-25(15-21(27)24-13-18-8-5-11-30-18)23(29)17-12-22(28)26(14-17)20-10-4-7-16-6-2-3-9-19(16)20/h2-11,17H,12-15H2,1H3,(H,24,27)/t17-/m0/s1. The molecule has 0 spiro atoms. The molecule has 0 saturated carbocycles. The summed E-state index contributed by atoms with van der Waals surface area (Å²) < 4.78 is 5.18. The molecule has 0 unspecified atom stereocenters. The van der Waals surface area contributed by atoms with E-state index in [1.54, 1.807) is 24.1 Å². The molecular weight excluding hydrogens is 382 g/mol. The molecule has 1 aliphatic rings. The van der Waals surface area contributed by atoms with Crippen LogP contribution in [0.4, 0.5) is 5.69 Å². The fourth-order valence-electron chi connectivity index (χ4n) is 3.81. The first-order valence-corrected chi connectivity index (χ1v) is 9.85. The summed E-state index contributed by atoms with van der Waals surface area (Å²) in [4.78, 5) is 40.7. The molecule has 7 nitrogen and oxygen atoms in total. The molecule has 2 aromatic carbocycles. The van der Waals surface area contributed by atoms with Crippen LogP contribution in [-0.4, -0.2) is 42.8 Å². The van der Waals surface area contributed by atoms with Gasteiger partial charge in [-0.05, 0) is 23.6 Å². The largest absolute Gasteiger partial charge is 0.467 e. The number of likely N-dealkylation sites (N-methyl/N-ethyl adjacent to an activating group) is 1. The lowest BCUT2D eigenvalue weighted by molar-refractivity contribution is -0.138. The van der Waals surface area contributed by atoms with Gasteiger partial charge >= 0.3 is 0 Å². The summed E-state index contributed by atoms with van der Waals surface area (Å²) in [5, 5.41) is 4.74. The summed E-state index contributed by atoms with van der Waals surface area (Å²) in [6.07, 6.45) is 1.68. The van der Waals surface area contributed by atoms with Crippen LogP contribution in [0.1, 0.15) is 12.2 Å². The number of furan rings is 1. The van der Waals surface area contributed by atoms with Gasteiger partial charge in [0, 0.05) is 25.4 Å². The molecule has 3 amide bonds. The molecule has 4 rings (SSSR count). The second-order valence-corrected chi connectivity index (χ2v) is 7.45. The lowest BCUT2D eigenvalue weighted by atomic mass is 10.1. The number of carbonyl (C=O) groups excluding carboxylic acids is 3. The molecule has 1 atom stereocenters. The molecule has 30 heavy (non-hydrogen) atoms. The van der Waals surface area contributed by atoms with Crippen molar-refractivity contribution in [3.05, 3.63) is 66.6 Å². The van der Waals surface area contributed by atoms with Crippen molar-refractivity contribution >= 4 is 34.2 Å². The summed E-state index contributed by atoms with van der Waals surface area (Å²) in [6, 6.07) is 17.2. The number of benzene rings is 2. The Bertz CT molecular complexity index is 1070. The van der Waals surface area contributed by atoms with E-state index < -0.39 is 5.92 Å². The van der Waals surface area contributed by atoms with Gasteiger partial charge in [0.1, 0.15) is 5.76 Å². The monoisotopic (exact) mass is 405 g/mol. The molecule has 1 aliphatic heterocycles. The van der Waals surface area contributed by atoms with E-state index in [4.69, 9.17) is 4.42 Å². The third kappa shape index (κ3) is 4.05. The Kier molecular flexibility index (Phi) is 5.52. The van der Waals surface area contributed by atoms with Gasteiger partial charge in [0.15, 0.2) is 0 Å². The molecular formula is C23H23N3O4. The summed E-state index contributed by atoms with van der Waals surface area (Å²) in [5.74, 6) is -0.402. The van der Waals surface area contributed by atoms with E-state index in [2.05, 4.69) is 5.32 Å². The quantitative estimate of drug-likeness (QED) is 0.683. The SMILES string of the molecule is CN(CC(=O)NCc1ccco1)C(=O)[C@H]1CC(=O)N(c2cccc3ccccc23)C1. The van der Waals surface area contributed by atoms with Gasteiger partial charge in [0.2, 0.25) is 17.7 Å². The van der Waals surface area contributed by atoms with Crippen molar-refractivity contribution in [3.8, 4) is 0 Å². The highest BCUT2D eigenvalue weighted by atomic mass is 16.3. The minimum Gasteiger partial charge on any atom is -0.467 e. The Hall–Kier alpha value is -3.61. The molecule has 3 aromatic rings. The molecule has 0 bridgehead atoms. The molecule has 0 aliphatic carbocycles. The molecule has 7 heteroatoms. The Morgan fingerprint density at radius 2 is 1.93 bits per heavy atom. The molecule has 0 radical (unpaired) electrons. The van der Waals surface area contributed by atoms with Gasteiger partial charge in [-0.3, -0.25) is 14.4 Å². The number of nitrogens with zero attached hydrogens (tertiary/aromatic N) is 2. The topological polar surface area (TPSA) is 82.9 Å². The second-order valence-electron chi connectivity index (χ2n) is 7.45. The van der Waals surface area contributed by atoms with Crippen LogP contribution in [0.3, 0.4) is 0 Å². The zero-order chi connectivity index (χ0) is 21.1. The molecule has 1 saturated heterocycles. The number of anilines is 1. The number of hydrogen-bond acceptors (Lipinski definition) is 4. The first-order valence-electron chi connectivity index (χ1n) is 9.85. The van der Waals surface area contributed by atoms with E-state index in [1.807, 2.05) is 42.5 Å². The lowest BCUT2D eigenvalue weighted by Crippen LogP contribution is -2.41. The van der Waals surface area contributed by atoms with Crippen molar-refractivity contribution in [2.24, 2.45) is 5.92 Å². The highest BCUT2D eigenvalue weighted by Crippen LogP contribution is 2.32. The van der Waals surface area contributed by atoms with Gasteiger partial charge in [-0.2, -0.15) is 0 Å². The van der Waals surface area contributed by atoms with E-state index in [0.29, 0.717) is 12.3 Å². The summed E-state index contributed by atoms with van der Waals surface area (Å²) >= 11 is 0. The maximum absolute atomic E-state index is 12.8. The van der Waals surface area contributed by atoms with Crippen LogP contribution in [0.2, 0.25) is 0 Å². The van der Waals surface area contributed by atoms with E-state index >= 15 is 0 Å². The van der Waals surface area contributed by atoms with E-state index in [-0.39, 0.29) is 37.2 Å². The number of nitrogens with one attached hydrogen (secondary N) is 1. The zero-order valence-corrected chi connectivity index (χ0v) is 16.7. The Morgan fingerprint density at radius 1 is 1.13 bits per heavy atom. The van der Waals surface area contributed by atoms with Crippen LogP contribution in [0, 0.1) is 5.92 Å². The van der Waals surface area contributed by atoms with Crippen LogP contribution in [0.25, 0.3) is 10.8 Å². The minimum atomic E-state index is -0.473. The third-order valence-electron chi connectivity index (χ3n) is 5.33. The van der Waals surface area contributed by atoms with Crippen LogP contribution < -0.4 is 10.2 Å². The lowest BCUT2D eigenvalue weighted by Gasteiger charge is -2.22. The Morgan fingerprint density at radius 3 is 2.73 bits per heavy atom. The maximum Gasteiger partial charge on any atom is 0.239 e. The first kappa shape index (κ1) is 19.7. The van der Waals surface area contributed by atoms with Crippen molar-refractivity contribution in [2.75, 3.05) is 25.0 Å². The van der Waals surface area contributed by atoms with Crippen LogP contribution in [-0.2, 0) is 20.9 Å². The number of fused-ring (bicyclic) bond motifs is 1. The minimum absolute atomic E-state index is 0.0709. The predicted octanol–water partition coefficient (Wildman–Crippen LogP) is 2.56. The van der Waals surface area contributed by atoms with Crippen molar-refractivity contribution in [3.63, 3.8) is 0 Å². The number of rotatable bonds is 6. The molecule has 154 valence electrons. The highest BCUT2D eigenvalue weighted by molar-refractivity contribution is 6.07. The fourth-order valence-corrected chi connectivity index (χ4v) is 3.81. The molecule has 2 heterocycles. The summed E-state index contributed by atoms with van der Waals surface area (Å²) in [6.45, 7) is 0.507. The van der Waals surface area contributed by atoms with Gasteiger partial charge in [0.05, 0.1) is 31.0 Å². The van der Waals surface area contributed by atoms with Gasteiger partial charge in [-0.15, -0.1) is 0 Å². The summed E-state index contributed by atoms with van der Waals surface area (Å²) in [7, 11) is 1.58. The molecule has 1 aromatic heterocycles. The van der Waals surface area contributed by atoms with Gasteiger partial charge in [0.25, 0.3) is 0 Å². The van der Waals surface area contributed by atoms with E-state index in [9.17, 15) is 14.4 Å². The molecule has 1 N–H and O–H groups in total. The first-order chi connectivity index (χ1) is 14.5. The number of amides is 3. The molecule has 1 fully saturated rings.